The number of carbonyl (C=O) groups is 1. The topological polar surface area (TPSA) is 79.8 Å². The number of aryl methyl sites for hydroxylation is 1. The molecule has 0 spiro atoms. The molecule has 6 heteroatoms. The maximum Gasteiger partial charge on any atom is 0.276 e. The van der Waals surface area contributed by atoms with E-state index in [1.54, 1.807) is 18.6 Å². The van der Waals surface area contributed by atoms with Gasteiger partial charge >= 0.3 is 0 Å². The van der Waals surface area contributed by atoms with Crippen molar-refractivity contribution in [2.24, 2.45) is 0 Å². The first-order valence-corrected chi connectivity index (χ1v) is 5.98. The minimum atomic E-state index is -0.302. The highest BCUT2D eigenvalue weighted by Crippen LogP contribution is 2.12. The van der Waals surface area contributed by atoms with Crippen molar-refractivity contribution in [3.05, 3.63) is 42.1 Å². The number of rotatable bonds is 4. The van der Waals surface area contributed by atoms with Crippen molar-refractivity contribution in [1.29, 1.82) is 0 Å². The van der Waals surface area contributed by atoms with Crippen LogP contribution in [0.1, 0.15) is 23.0 Å². The van der Waals surface area contributed by atoms with Crippen molar-refractivity contribution < 1.29 is 4.79 Å². The molecule has 0 fully saturated rings. The van der Waals surface area contributed by atoms with Gasteiger partial charge in [0, 0.05) is 12.7 Å². The molecule has 2 heterocycles. The number of nitrogens with one attached hydrogen (secondary N) is 2. The molecule has 0 aliphatic rings. The van der Waals surface area contributed by atoms with E-state index in [9.17, 15) is 4.79 Å². The first kappa shape index (κ1) is 12.9. The van der Waals surface area contributed by atoms with Crippen LogP contribution in [-0.4, -0.2) is 27.4 Å². The van der Waals surface area contributed by atoms with Crippen LogP contribution in [0.2, 0.25) is 0 Å². The van der Waals surface area contributed by atoms with Crippen LogP contribution in [0.15, 0.2) is 30.9 Å². The van der Waals surface area contributed by atoms with Gasteiger partial charge < -0.3 is 10.6 Å². The molecule has 0 unspecified atom stereocenters. The number of anilines is 2. The van der Waals surface area contributed by atoms with Gasteiger partial charge in [-0.25, -0.2) is 4.98 Å². The molecule has 2 aromatic heterocycles. The van der Waals surface area contributed by atoms with Gasteiger partial charge in [0.1, 0.15) is 11.5 Å². The van der Waals surface area contributed by atoms with E-state index in [0.717, 1.165) is 12.1 Å². The normalized spacial score (nSPS) is 10.0. The molecule has 19 heavy (non-hydrogen) atoms. The molecule has 0 aromatic carbocycles. The maximum atomic E-state index is 12.1. The summed E-state index contributed by atoms with van der Waals surface area (Å²) in [5.74, 6) is 0.279. The van der Waals surface area contributed by atoms with E-state index in [-0.39, 0.29) is 11.6 Å². The molecule has 6 nitrogen and oxygen atoms in total. The second kappa shape index (κ2) is 5.90. The molecule has 2 N–H and O–H groups in total. The average Bonchev–Trinajstić information content (AvgIpc) is 2.42. The Labute approximate surface area is 111 Å². The van der Waals surface area contributed by atoms with Crippen molar-refractivity contribution >= 4 is 17.4 Å². The molecule has 0 bridgehead atoms. The minimum absolute atomic E-state index is 0.265. The van der Waals surface area contributed by atoms with Gasteiger partial charge in [-0.2, -0.15) is 0 Å². The van der Waals surface area contributed by atoms with Crippen molar-refractivity contribution in [3.63, 3.8) is 0 Å². The van der Waals surface area contributed by atoms with Crippen LogP contribution >= 0.6 is 0 Å². The average molecular weight is 257 g/mol. The van der Waals surface area contributed by atoms with Gasteiger partial charge in [0.15, 0.2) is 0 Å². The van der Waals surface area contributed by atoms with Gasteiger partial charge in [-0.1, -0.05) is 0 Å². The van der Waals surface area contributed by atoms with Crippen molar-refractivity contribution in [1.82, 2.24) is 15.0 Å². The summed E-state index contributed by atoms with van der Waals surface area (Å²) in [6.07, 6.45) is 6.29. The molecular formula is C13H15N5O. The third kappa shape index (κ3) is 3.25. The molecule has 0 saturated heterocycles. The predicted octanol–water partition coefficient (Wildman–Crippen LogP) is 1.86. The molecule has 2 aromatic rings. The van der Waals surface area contributed by atoms with E-state index >= 15 is 0 Å². The zero-order valence-corrected chi connectivity index (χ0v) is 10.8. The van der Waals surface area contributed by atoms with Crippen LogP contribution in [0, 0.1) is 6.92 Å². The molecule has 2 rings (SSSR count). The second-order valence-corrected chi connectivity index (χ2v) is 3.96. The Bertz CT molecular complexity index is 585. The monoisotopic (exact) mass is 257 g/mol. The first-order valence-electron chi connectivity index (χ1n) is 5.98. The SMILES string of the molecule is CCNc1cncc(C(=O)Nc2cnccc2C)n1. The second-order valence-electron chi connectivity index (χ2n) is 3.96. The lowest BCUT2D eigenvalue weighted by molar-refractivity contribution is 0.102. The molecule has 0 aliphatic carbocycles. The fourth-order valence-corrected chi connectivity index (χ4v) is 1.52. The van der Waals surface area contributed by atoms with Gasteiger partial charge in [-0.3, -0.25) is 14.8 Å². The largest absolute Gasteiger partial charge is 0.369 e. The fraction of sp³-hybridized carbons (Fsp3) is 0.231. The van der Waals surface area contributed by atoms with Gasteiger partial charge in [0.2, 0.25) is 0 Å². The van der Waals surface area contributed by atoms with E-state index in [0.29, 0.717) is 11.5 Å². The summed E-state index contributed by atoms with van der Waals surface area (Å²) in [6.45, 7) is 4.58. The van der Waals surface area contributed by atoms with E-state index in [4.69, 9.17) is 0 Å². The highest BCUT2D eigenvalue weighted by Gasteiger charge is 2.10. The molecule has 0 aliphatic heterocycles. The van der Waals surface area contributed by atoms with Crippen LogP contribution in [0.3, 0.4) is 0 Å². The number of hydrogen-bond donors (Lipinski definition) is 2. The van der Waals surface area contributed by atoms with Gasteiger partial charge in [0.25, 0.3) is 5.91 Å². The highest BCUT2D eigenvalue weighted by atomic mass is 16.1. The number of aromatic nitrogens is 3. The van der Waals surface area contributed by atoms with Gasteiger partial charge in [0.05, 0.1) is 24.3 Å². The molecule has 1 amide bonds. The van der Waals surface area contributed by atoms with Crippen LogP contribution < -0.4 is 10.6 Å². The Morgan fingerprint density at radius 2 is 2.11 bits per heavy atom. The Hall–Kier alpha value is -2.50. The van der Waals surface area contributed by atoms with Crippen molar-refractivity contribution in [2.75, 3.05) is 17.2 Å². The number of nitrogens with zero attached hydrogens (tertiary/aromatic N) is 3. The molecule has 0 atom stereocenters. The molecule has 0 radical (unpaired) electrons. The van der Waals surface area contributed by atoms with E-state index < -0.39 is 0 Å². The van der Waals surface area contributed by atoms with Crippen LogP contribution in [0.4, 0.5) is 11.5 Å². The molecule has 98 valence electrons. The van der Waals surface area contributed by atoms with Crippen LogP contribution in [0.25, 0.3) is 0 Å². The van der Waals surface area contributed by atoms with E-state index in [1.165, 1.54) is 6.20 Å². The van der Waals surface area contributed by atoms with Crippen LogP contribution in [0.5, 0.6) is 0 Å². The van der Waals surface area contributed by atoms with E-state index in [2.05, 4.69) is 25.6 Å². The zero-order chi connectivity index (χ0) is 13.7. The number of hydrogen-bond acceptors (Lipinski definition) is 5. The Balaban J connectivity index is 2.16. The summed E-state index contributed by atoms with van der Waals surface area (Å²) in [4.78, 5) is 24.2. The minimum Gasteiger partial charge on any atom is -0.369 e. The number of amides is 1. The summed E-state index contributed by atoms with van der Waals surface area (Å²) in [5, 5.41) is 5.78. The smallest absolute Gasteiger partial charge is 0.276 e. The van der Waals surface area contributed by atoms with Crippen LogP contribution in [-0.2, 0) is 0 Å². The number of carbonyl (C=O) groups excluding carboxylic acids is 1. The Kier molecular flexibility index (Phi) is 4.02. The van der Waals surface area contributed by atoms with Crippen molar-refractivity contribution in [2.45, 2.75) is 13.8 Å². The fourth-order valence-electron chi connectivity index (χ4n) is 1.52. The summed E-state index contributed by atoms with van der Waals surface area (Å²) in [5.41, 5.74) is 1.88. The molecular weight excluding hydrogens is 242 g/mol. The predicted molar refractivity (Wildman–Crippen MR) is 73.1 cm³/mol. The zero-order valence-electron chi connectivity index (χ0n) is 10.8. The Morgan fingerprint density at radius 1 is 1.26 bits per heavy atom. The lowest BCUT2D eigenvalue weighted by Crippen LogP contribution is -2.16. The third-order valence-corrected chi connectivity index (χ3v) is 2.51. The van der Waals surface area contributed by atoms with E-state index in [1.807, 2.05) is 19.9 Å². The first-order chi connectivity index (χ1) is 9.20. The quantitative estimate of drug-likeness (QED) is 0.874. The summed E-state index contributed by atoms with van der Waals surface area (Å²) in [7, 11) is 0. The lowest BCUT2D eigenvalue weighted by atomic mass is 10.2. The van der Waals surface area contributed by atoms with Crippen molar-refractivity contribution in [3.8, 4) is 0 Å². The maximum absolute atomic E-state index is 12.1. The lowest BCUT2D eigenvalue weighted by Gasteiger charge is -2.08. The summed E-state index contributed by atoms with van der Waals surface area (Å²) < 4.78 is 0. The van der Waals surface area contributed by atoms with Gasteiger partial charge in [-0.05, 0) is 25.5 Å². The Morgan fingerprint density at radius 3 is 2.84 bits per heavy atom. The molecule has 0 saturated carbocycles. The highest BCUT2D eigenvalue weighted by molar-refractivity contribution is 6.03. The summed E-state index contributed by atoms with van der Waals surface area (Å²) >= 11 is 0. The third-order valence-electron chi connectivity index (χ3n) is 2.51. The van der Waals surface area contributed by atoms with Gasteiger partial charge in [-0.15, -0.1) is 0 Å². The standard InChI is InChI=1S/C13H15N5O/c1-3-16-12-8-15-7-11(17-12)13(19)18-10-6-14-5-4-9(10)2/h4-8H,3H2,1-2H3,(H,16,17)(H,18,19). The number of pyridine rings is 1. The summed E-state index contributed by atoms with van der Waals surface area (Å²) in [6, 6.07) is 1.83.